The van der Waals surface area contributed by atoms with Crippen molar-refractivity contribution >= 4 is 5.96 Å². The lowest BCUT2D eigenvalue weighted by atomic mass is 10.1. The number of guanidine groups is 1. The Labute approximate surface area is 155 Å². The topological polar surface area (TPSA) is 66.3 Å². The summed E-state index contributed by atoms with van der Waals surface area (Å²) in [5.41, 5.74) is 3.43. The first kappa shape index (κ1) is 19.4. The zero-order valence-electron chi connectivity index (χ0n) is 16.0. The number of hydrogen-bond acceptors (Lipinski definition) is 4. The number of nitrogens with zero attached hydrogens (tertiary/aromatic N) is 2. The Balaban J connectivity index is 2.08. The number of phenols is 1. The summed E-state index contributed by atoms with van der Waals surface area (Å²) >= 11 is 0. The molecule has 0 spiro atoms. The van der Waals surface area contributed by atoms with Gasteiger partial charge in [-0.25, -0.2) is 0 Å². The van der Waals surface area contributed by atoms with Crippen molar-refractivity contribution in [3.8, 4) is 17.2 Å². The van der Waals surface area contributed by atoms with E-state index in [0.29, 0.717) is 18.0 Å². The van der Waals surface area contributed by atoms with Gasteiger partial charge in [0.1, 0.15) is 0 Å². The molecule has 0 aromatic heterocycles. The number of aliphatic imine (C=N–C) groups is 1. The van der Waals surface area contributed by atoms with Crippen LogP contribution in [0.2, 0.25) is 0 Å². The fraction of sp³-hybridized carbons (Fsp3) is 0.350. The first-order valence-corrected chi connectivity index (χ1v) is 8.40. The summed E-state index contributed by atoms with van der Waals surface area (Å²) in [4.78, 5) is 6.42. The molecule has 6 nitrogen and oxygen atoms in total. The minimum atomic E-state index is -0.000182. The van der Waals surface area contributed by atoms with Crippen molar-refractivity contribution in [2.45, 2.75) is 20.0 Å². The molecule has 140 valence electrons. The summed E-state index contributed by atoms with van der Waals surface area (Å²) in [7, 11) is 6.79. The predicted molar refractivity (Wildman–Crippen MR) is 104 cm³/mol. The second-order valence-electron chi connectivity index (χ2n) is 6.03. The van der Waals surface area contributed by atoms with Gasteiger partial charge in [0, 0.05) is 27.2 Å². The second kappa shape index (κ2) is 8.99. The molecule has 0 radical (unpaired) electrons. The number of nitrogens with one attached hydrogen (secondary N) is 1. The molecule has 0 amide bonds. The van der Waals surface area contributed by atoms with Crippen LogP contribution in [0.1, 0.15) is 16.7 Å². The molecule has 26 heavy (non-hydrogen) atoms. The molecule has 2 rings (SSSR count). The van der Waals surface area contributed by atoms with Gasteiger partial charge in [0.2, 0.25) is 5.75 Å². The zero-order chi connectivity index (χ0) is 19.1. The van der Waals surface area contributed by atoms with Gasteiger partial charge in [-0.05, 0) is 35.7 Å². The molecular weight excluding hydrogens is 330 g/mol. The smallest absolute Gasteiger partial charge is 0.200 e. The highest BCUT2D eigenvalue weighted by Gasteiger charge is 2.13. The fourth-order valence-corrected chi connectivity index (χ4v) is 2.73. The van der Waals surface area contributed by atoms with Crippen molar-refractivity contribution in [1.29, 1.82) is 0 Å². The third-order valence-corrected chi connectivity index (χ3v) is 4.23. The summed E-state index contributed by atoms with van der Waals surface area (Å²) < 4.78 is 10.4. The molecule has 0 atom stereocenters. The van der Waals surface area contributed by atoms with Gasteiger partial charge in [-0.15, -0.1) is 0 Å². The van der Waals surface area contributed by atoms with Crippen LogP contribution in [0.3, 0.4) is 0 Å². The number of aryl methyl sites for hydroxylation is 1. The summed E-state index contributed by atoms with van der Waals surface area (Å²) in [5, 5.41) is 13.3. The van der Waals surface area contributed by atoms with Crippen LogP contribution < -0.4 is 14.8 Å². The van der Waals surface area contributed by atoms with Gasteiger partial charge >= 0.3 is 0 Å². The Kier molecular flexibility index (Phi) is 6.72. The van der Waals surface area contributed by atoms with Gasteiger partial charge in [0.05, 0.1) is 14.2 Å². The number of ether oxygens (including phenoxy) is 2. The summed E-state index contributed by atoms with van der Waals surface area (Å²) in [6.45, 7) is 3.39. The second-order valence-corrected chi connectivity index (χ2v) is 6.03. The third kappa shape index (κ3) is 4.59. The van der Waals surface area contributed by atoms with Crippen molar-refractivity contribution in [1.82, 2.24) is 10.2 Å². The lowest BCUT2D eigenvalue weighted by Gasteiger charge is -2.23. The van der Waals surface area contributed by atoms with Gasteiger partial charge in [-0.1, -0.05) is 24.3 Å². The molecule has 2 aromatic carbocycles. The standard InChI is InChI=1S/C20H27N3O3/c1-14-8-6-7-9-16(14)13-23(3)20(21-2)22-12-15-10-17(25-4)19(24)18(11-15)26-5/h6-11,24H,12-13H2,1-5H3,(H,21,22). The monoisotopic (exact) mass is 357 g/mol. The average Bonchev–Trinajstić information content (AvgIpc) is 2.65. The molecule has 0 aliphatic carbocycles. The molecule has 0 bridgehead atoms. The third-order valence-electron chi connectivity index (χ3n) is 4.23. The molecule has 0 aliphatic rings. The highest BCUT2D eigenvalue weighted by atomic mass is 16.5. The van der Waals surface area contributed by atoms with Crippen LogP contribution in [0, 0.1) is 6.92 Å². The normalized spacial score (nSPS) is 11.2. The molecule has 0 fully saturated rings. The largest absolute Gasteiger partial charge is 0.502 e. The van der Waals surface area contributed by atoms with Crippen molar-refractivity contribution < 1.29 is 14.6 Å². The molecule has 2 aromatic rings. The van der Waals surface area contributed by atoms with E-state index in [9.17, 15) is 5.11 Å². The maximum absolute atomic E-state index is 10.0. The molecule has 0 saturated carbocycles. The Morgan fingerprint density at radius 2 is 1.77 bits per heavy atom. The number of aromatic hydroxyl groups is 1. The van der Waals surface area contributed by atoms with Crippen LogP contribution in [0.5, 0.6) is 17.2 Å². The van der Waals surface area contributed by atoms with Gasteiger partial charge in [-0.3, -0.25) is 4.99 Å². The van der Waals surface area contributed by atoms with Crippen LogP contribution in [0.25, 0.3) is 0 Å². The van der Waals surface area contributed by atoms with Gasteiger partial charge in [-0.2, -0.15) is 0 Å². The van der Waals surface area contributed by atoms with Crippen molar-refractivity contribution in [3.63, 3.8) is 0 Å². The average molecular weight is 357 g/mol. The number of rotatable bonds is 6. The Bertz CT molecular complexity index is 750. The van der Waals surface area contributed by atoms with E-state index >= 15 is 0 Å². The van der Waals surface area contributed by atoms with Crippen LogP contribution in [-0.4, -0.2) is 44.3 Å². The quantitative estimate of drug-likeness (QED) is 0.615. The molecule has 6 heteroatoms. The van der Waals surface area contributed by atoms with Crippen LogP contribution in [0.15, 0.2) is 41.4 Å². The number of benzene rings is 2. The molecule has 0 aliphatic heterocycles. The predicted octanol–water partition coefficient (Wildman–Crippen LogP) is 2.93. The van der Waals surface area contributed by atoms with Crippen molar-refractivity contribution in [2.75, 3.05) is 28.3 Å². The number of hydrogen-bond donors (Lipinski definition) is 2. The van der Waals surface area contributed by atoms with E-state index in [2.05, 4.69) is 34.3 Å². The van der Waals surface area contributed by atoms with Crippen LogP contribution >= 0.6 is 0 Å². The minimum Gasteiger partial charge on any atom is -0.502 e. The first-order valence-electron chi connectivity index (χ1n) is 8.40. The molecule has 2 N–H and O–H groups in total. The summed E-state index contributed by atoms with van der Waals surface area (Å²) in [6.07, 6.45) is 0. The van der Waals surface area contributed by atoms with E-state index in [1.165, 1.54) is 25.3 Å². The first-order chi connectivity index (χ1) is 12.5. The van der Waals surface area contributed by atoms with Gasteiger partial charge in [0.25, 0.3) is 0 Å². The summed E-state index contributed by atoms with van der Waals surface area (Å²) in [6, 6.07) is 11.9. The van der Waals surface area contributed by atoms with E-state index in [1.807, 2.05) is 19.2 Å². The number of methoxy groups -OCH3 is 2. The molecule has 0 unspecified atom stereocenters. The summed E-state index contributed by atoms with van der Waals surface area (Å²) in [5.74, 6) is 1.54. The van der Waals surface area contributed by atoms with Gasteiger partial charge in [0.15, 0.2) is 17.5 Å². The highest BCUT2D eigenvalue weighted by molar-refractivity contribution is 5.79. The number of phenolic OH excluding ortho intramolecular Hbond substituents is 1. The van der Waals surface area contributed by atoms with E-state index < -0.39 is 0 Å². The molecule has 0 saturated heterocycles. The fourth-order valence-electron chi connectivity index (χ4n) is 2.73. The van der Waals surface area contributed by atoms with E-state index in [0.717, 1.165) is 18.1 Å². The maximum atomic E-state index is 10.0. The van der Waals surface area contributed by atoms with E-state index in [-0.39, 0.29) is 5.75 Å². The lowest BCUT2D eigenvalue weighted by Crippen LogP contribution is -2.38. The molecule has 0 heterocycles. The van der Waals surface area contributed by atoms with E-state index in [4.69, 9.17) is 9.47 Å². The van der Waals surface area contributed by atoms with Crippen molar-refractivity contribution in [2.24, 2.45) is 4.99 Å². The lowest BCUT2D eigenvalue weighted by molar-refractivity contribution is 0.339. The van der Waals surface area contributed by atoms with Gasteiger partial charge < -0.3 is 24.8 Å². The zero-order valence-corrected chi connectivity index (χ0v) is 16.0. The maximum Gasteiger partial charge on any atom is 0.200 e. The van der Waals surface area contributed by atoms with Crippen LogP contribution in [-0.2, 0) is 13.1 Å². The van der Waals surface area contributed by atoms with Crippen molar-refractivity contribution in [3.05, 3.63) is 53.1 Å². The molecular formula is C20H27N3O3. The minimum absolute atomic E-state index is 0.000182. The Morgan fingerprint density at radius 3 is 2.31 bits per heavy atom. The SMILES string of the molecule is CN=C(NCc1cc(OC)c(O)c(OC)c1)N(C)Cc1ccccc1C. The Morgan fingerprint density at radius 1 is 1.15 bits per heavy atom. The van der Waals surface area contributed by atoms with Crippen LogP contribution in [0.4, 0.5) is 0 Å². The van der Waals surface area contributed by atoms with E-state index in [1.54, 1.807) is 19.2 Å². The Hall–Kier alpha value is -2.89. The highest BCUT2D eigenvalue weighted by Crippen LogP contribution is 2.37.